The van der Waals surface area contributed by atoms with E-state index in [9.17, 15) is 44.3 Å². The maximum absolute atomic E-state index is 14.3. The van der Waals surface area contributed by atoms with Crippen LogP contribution in [0.4, 0.5) is 39.5 Å². The lowest BCUT2D eigenvalue weighted by Gasteiger charge is -2.39. The Morgan fingerprint density at radius 1 is 0.900 bits per heavy atom. The van der Waals surface area contributed by atoms with Crippen LogP contribution in [0.5, 0.6) is 0 Å². The fourth-order valence-corrected chi connectivity index (χ4v) is 3.24. The van der Waals surface area contributed by atoms with Crippen LogP contribution >= 0.6 is 0 Å². The van der Waals surface area contributed by atoms with Gasteiger partial charge in [0.25, 0.3) is 5.91 Å². The van der Waals surface area contributed by atoms with E-state index >= 15 is 0 Å². The minimum Gasteiger partial charge on any atom is -0.335 e. The third kappa shape index (κ3) is 3.13. The Hall–Kier alpha value is -2.02. The van der Waals surface area contributed by atoms with E-state index in [2.05, 4.69) is 4.74 Å². The van der Waals surface area contributed by atoms with E-state index in [4.69, 9.17) is 0 Å². The molecule has 30 heavy (non-hydrogen) atoms. The smallest absolute Gasteiger partial charge is 0.335 e. The lowest BCUT2D eigenvalue weighted by molar-refractivity contribution is -0.368. The van der Waals surface area contributed by atoms with E-state index in [-0.39, 0.29) is 18.0 Å². The Bertz CT molecular complexity index is 798. The molecule has 4 nitrogen and oxygen atoms in total. The first kappa shape index (κ1) is 22.7. The highest BCUT2D eigenvalue weighted by atomic mass is 19.4. The first-order valence-electron chi connectivity index (χ1n) is 8.63. The fraction of sp³-hybridized carbons (Fsp3) is 0.588. The second-order valence-electron chi connectivity index (χ2n) is 6.99. The number of hydrogen-bond acceptors (Lipinski definition) is 3. The number of amides is 1. The van der Waals surface area contributed by atoms with Crippen LogP contribution in [-0.2, 0) is 16.1 Å². The number of piperazine rings is 1. The van der Waals surface area contributed by atoms with E-state index in [1.807, 2.05) is 0 Å². The van der Waals surface area contributed by atoms with Crippen molar-refractivity contribution in [1.29, 1.82) is 0 Å². The van der Waals surface area contributed by atoms with E-state index in [1.165, 1.54) is 0 Å². The number of nitrogens with zero attached hydrogens (tertiary/aromatic N) is 2. The number of halogens is 9. The summed E-state index contributed by atoms with van der Waals surface area (Å²) in [5.74, 6) is -28.1. The van der Waals surface area contributed by atoms with Gasteiger partial charge in [0.1, 0.15) is 0 Å². The van der Waals surface area contributed by atoms with Crippen molar-refractivity contribution in [3.05, 3.63) is 35.9 Å². The molecule has 0 spiro atoms. The first-order chi connectivity index (χ1) is 13.7. The predicted molar refractivity (Wildman–Crippen MR) is 83.0 cm³/mol. The molecule has 1 aromatic carbocycles. The summed E-state index contributed by atoms with van der Waals surface area (Å²) in [5, 5.41) is 0. The molecule has 0 aliphatic carbocycles. The van der Waals surface area contributed by atoms with Crippen LogP contribution in [0.25, 0.3) is 0 Å². The molecular formula is C17H15F9N2O2. The lowest BCUT2D eigenvalue weighted by Crippen LogP contribution is -2.66. The maximum atomic E-state index is 14.3. The van der Waals surface area contributed by atoms with Crippen molar-refractivity contribution < 1.29 is 49.0 Å². The normalized spacial score (nSPS) is 28.5. The van der Waals surface area contributed by atoms with Crippen LogP contribution < -0.4 is 0 Å². The SMILES string of the molecule is O=C(N1CCN(Cc2ccccc2)CC1)C(F)(F)C1(F)OC(F)(F)C(F)(F)C1(F)F. The third-order valence-electron chi connectivity index (χ3n) is 5.01. The summed E-state index contributed by atoms with van der Waals surface area (Å²) >= 11 is 0. The van der Waals surface area contributed by atoms with Crippen molar-refractivity contribution in [1.82, 2.24) is 9.80 Å². The highest BCUT2D eigenvalue weighted by Gasteiger charge is 2.96. The Morgan fingerprint density at radius 2 is 1.43 bits per heavy atom. The fourth-order valence-electron chi connectivity index (χ4n) is 3.24. The van der Waals surface area contributed by atoms with Gasteiger partial charge in [-0.15, -0.1) is 0 Å². The summed E-state index contributed by atoms with van der Waals surface area (Å²) in [6, 6.07) is 8.83. The summed E-state index contributed by atoms with van der Waals surface area (Å²) < 4.78 is 125. The molecule has 0 bridgehead atoms. The quantitative estimate of drug-likeness (QED) is 0.659. The summed E-state index contributed by atoms with van der Waals surface area (Å²) in [7, 11) is 0. The van der Waals surface area contributed by atoms with Crippen molar-refractivity contribution in [2.45, 2.75) is 36.3 Å². The summed E-state index contributed by atoms with van der Waals surface area (Å²) in [4.78, 5) is 14.0. The van der Waals surface area contributed by atoms with Gasteiger partial charge >= 0.3 is 29.7 Å². The zero-order valence-electron chi connectivity index (χ0n) is 15.0. The Kier molecular flexibility index (Phi) is 5.29. The molecule has 1 atom stereocenters. The molecule has 2 aliphatic rings. The molecule has 1 amide bonds. The molecule has 3 rings (SSSR count). The molecule has 168 valence electrons. The number of carbonyl (C=O) groups is 1. The van der Waals surface area contributed by atoms with Gasteiger partial charge in [0.05, 0.1) is 0 Å². The number of benzene rings is 1. The molecule has 1 aromatic rings. The average Bonchev–Trinajstić information content (AvgIpc) is 2.77. The van der Waals surface area contributed by atoms with Gasteiger partial charge in [0, 0.05) is 32.7 Å². The standard InChI is InChI=1S/C17H15F9N2O2/c18-13(19,16(24)14(20,21)15(22,23)17(25,26)30-16)12(29)28-8-6-27(7-9-28)10-11-4-2-1-3-5-11/h1-5H,6-10H2. The topological polar surface area (TPSA) is 32.8 Å². The largest absolute Gasteiger partial charge is 0.428 e. The molecule has 2 fully saturated rings. The highest BCUT2D eigenvalue weighted by Crippen LogP contribution is 2.64. The lowest BCUT2D eigenvalue weighted by atomic mass is 9.98. The van der Waals surface area contributed by atoms with Crippen LogP contribution in [0.15, 0.2) is 30.3 Å². The van der Waals surface area contributed by atoms with Gasteiger partial charge < -0.3 is 4.90 Å². The molecular weight excluding hydrogens is 435 g/mol. The molecule has 2 saturated heterocycles. The van der Waals surface area contributed by atoms with Crippen LogP contribution in [0.2, 0.25) is 0 Å². The van der Waals surface area contributed by atoms with Gasteiger partial charge in [0.2, 0.25) is 0 Å². The van der Waals surface area contributed by atoms with E-state index in [1.54, 1.807) is 35.2 Å². The van der Waals surface area contributed by atoms with Gasteiger partial charge in [-0.05, 0) is 5.56 Å². The summed E-state index contributed by atoms with van der Waals surface area (Å²) in [6.07, 6.45) is -6.25. The minimum atomic E-state index is -6.67. The molecule has 1 unspecified atom stereocenters. The number of alkyl halides is 9. The van der Waals surface area contributed by atoms with Crippen LogP contribution in [-0.4, -0.2) is 71.6 Å². The number of carbonyl (C=O) groups excluding carboxylic acids is 1. The number of ether oxygens (including phenoxy) is 1. The third-order valence-corrected chi connectivity index (χ3v) is 5.01. The van der Waals surface area contributed by atoms with Crippen LogP contribution in [0, 0.1) is 0 Å². The molecule has 13 heteroatoms. The van der Waals surface area contributed by atoms with Gasteiger partial charge in [-0.3, -0.25) is 14.4 Å². The Balaban J connectivity index is 1.74. The predicted octanol–water partition coefficient (Wildman–Crippen LogP) is 3.53. The maximum Gasteiger partial charge on any atom is 0.428 e. The number of hydrogen-bond donors (Lipinski definition) is 0. The number of rotatable bonds is 4. The van der Waals surface area contributed by atoms with Crippen molar-refractivity contribution in [2.24, 2.45) is 0 Å². The average molecular weight is 450 g/mol. The molecule has 0 saturated carbocycles. The molecule has 2 aliphatic heterocycles. The van der Waals surface area contributed by atoms with Crippen molar-refractivity contribution >= 4 is 5.91 Å². The Labute approximate surface area is 164 Å². The van der Waals surface area contributed by atoms with Crippen LogP contribution in [0.1, 0.15) is 5.56 Å². The highest BCUT2D eigenvalue weighted by molar-refractivity contribution is 5.85. The molecule has 0 radical (unpaired) electrons. The second kappa shape index (κ2) is 7.01. The summed E-state index contributed by atoms with van der Waals surface area (Å²) in [5.41, 5.74) is 0.855. The molecule has 0 N–H and O–H groups in total. The van der Waals surface area contributed by atoms with E-state index in [0.29, 0.717) is 6.54 Å². The monoisotopic (exact) mass is 450 g/mol. The van der Waals surface area contributed by atoms with Crippen molar-refractivity contribution in [2.75, 3.05) is 26.2 Å². The summed E-state index contributed by atoms with van der Waals surface area (Å²) in [6.45, 7) is -0.670. The van der Waals surface area contributed by atoms with Crippen molar-refractivity contribution in [3.63, 3.8) is 0 Å². The van der Waals surface area contributed by atoms with Gasteiger partial charge in [-0.25, -0.2) is 0 Å². The second-order valence-corrected chi connectivity index (χ2v) is 6.99. The van der Waals surface area contributed by atoms with Crippen LogP contribution in [0.3, 0.4) is 0 Å². The molecule has 0 aromatic heterocycles. The Morgan fingerprint density at radius 3 is 1.90 bits per heavy atom. The van der Waals surface area contributed by atoms with Gasteiger partial charge in [-0.1, -0.05) is 30.3 Å². The molecule has 2 heterocycles. The van der Waals surface area contributed by atoms with Gasteiger partial charge in [-0.2, -0.15) is 39.5 Å². The van der Waals surface area contributed by atoms with E-state index in [0.717, 1.165) is 5.56 Å². The minimum absolute atomic E-state index is 0.0282. The zero-order chi connectivity index (χ0) is 22.6. The zero-order valence-corrected chi connectivity index (χ0v) is 15.0. The van der Waals surface area contributed by atoms with Gasteiger partial charge in [0.15, 0.2) is 0 Å². The van der Waals surface area contributed by atoms with E-state index < -0.39 is 48.7 Å². The van der Waals surface area contributed by atoms with Crippen molar-refractivity contribution in [3.8, 4) is 0 Å². The first-order valence-corrected chi connectivity index (χ1v) is 8.63.